The minimum absolute atomic E-state index is 0.0188. The number of sulfone groups is 1. The Hall–Kier alpha value is -0.880. The minimum Gasteiger partial charge on any atom is -0.310 e. The van der Waals surface area contributed by atoms with E-state index >= 15 is 0 Å². The second-order valence-corrected chi connectivity index (χ2v) is 9.45. The van der Waals surface area contributed by atoms with E-state index in [-0.39, 0.29) is 11.8 Å². The summed E-state index contributed by atoms with van der Waals surface area (Å²) in [6.07, 6.45) is 8.62. The highest BCUT2D eigenvalue weighted by molar-refractivity contribution is 7.91. The highest BCUT2D eigenvalue weighted by atomic mass is 32.2. The maximum Gasteiger partial charge on any atom is 0.152 e. The zero-order valence-electron chi connectivity index (χ0n) is 14.3. The third-order valence-corrected chi connectivity index (χ3v) is 7.20. The van der Waals surface area contributed by atoms with Crippen LogP contribution in [0, 0.1) is 13.8 Å². The van der Waals surface area contributed by atoms with Gasteiger partial charge < -0.3 is 5.32 Å². The number of hydrogen-bond acceptors (Lipinski definition) is 4. The number of nitrogens with one attached hydrogen (secondary N) is 1. The summed E-state index contributed by atoms with van der Waals surface area (Å²) in [6, 6.07) is 0.636. The van der Waals surface area contributed by atoms with E-state index in [4.69, 9.17) is 0 Å². The molecule has 2 aliphatic rings. The van der Waals surface area contributed by atoms with Gasteiger partial charge in [-0.1, -0.05) is 25.7 Å². The number of aromatic nitrogens is 2. The van der Waals surface area contributed by atoms with E-state index in [1.165, 1.54) is 44.1 Å². The average Bonchev–Trinajstić information content (AvgIpc) is 2.86. The monoisotopic (exact) mass is 339 g/mol. The van der Waals surface area contributed by atoms with E-state index in [0.717, 1.165) is 17.9 Å². The zero-order chi connectivity index (χ0) is 16.4. The predicted octanol–water partition coefficient (Wildman–Crippen LogP) is 2.67. The maximum absolute atomic E-state index is 11.7. The second kappa shape index (κ2) is 6.93. The SMILES string of the molecule is Cc1nn([C@@H]2CCS(=O)(=O)C2)c(C)c1CNC1CCCCCC1. The summed E-state index contributed by atoms with van der Waals surface area (Å²) < 4.78 is 25.4. The summed E-state index contributed by atoms with van der Waals surface area (Å²) in [7, 11) is -2.87. The molecule has 1 N–H and O–H groups in total. The van der Waals surface area contributed by atoms with Gasteiger partial charge in [0.2, 0.25) is 0 Å². The molecule has 130 valence electrons. The Bertz CT molecular complexity index is 643. The fourth-order valence-corrected chi connectivity index (χ4v) is 5.70. The topological polar surface area (TPSA) is 64.0 Å². The second-order valence-electron chi connectivity index (χ2n) is 7.22. The molecule has 0 spiro atoms. The Labute approximate surface area is 139 Å². The summed E-state index contributed by atoms with van der Waals surface area (Å²) in [5.74, 6) is 0.538. The van der Waals surface area contributed by atoms with Gasteiger partial charge in [-0.05, 0) is 33.1 Å². The smallest absolute Gasteiger partial charge is 0.152 e. The highest BCUT2D eigenvalue weighted by Gasteiger charge is 2.31. The quantitative estimate of drug-likeness (QED) is 0.857. The van der Waals surface area contributed by atoms with Crippen molar-refractivity contribution in [3.63, 3.8) is 0 Å². The Morgan fingerprint density at radius 3 is 2.43 bits per heavy atom. The van der Waals surface area contributed by atoms with Crippen molar-refractivity contribution in [2.24, 2.45) is 0 Å². The van der Waals surface area contributed by atoms with Crippen LogP contribution in [-0.2, 0) is 16.4 Å². The predicted molar refractivity (Wildman–Crippen MR) is 92.3 cm³/mol. The molecule has 1 aromatic heterocycles. The van der Waals surface area contributed by atoms with Crippen molar-refractivity contribution in [2.75, 3.05) is 11.5 Å². The first-order chi connectivity index (χ1) is 11.0. The molecule has 23 heavy (non-hydrogen) atoms. The van der Waals surface area contributed by atoms with E-state index in [1.807, 2.05) is 11.6 Å². The summed E-state index contributed by atoms with van der Waals surface area (Å²) in [4.78, 5) is 0. The fraction of sp³-hybridized carbons (Fsp3) is 0.824. The largest absolute Gasteiger partial charge is 0.310 e. The minimum atomic E-state index is -2.87. The normalized spacial score (nSPS) is 25.6. The third-order valence-electron chi connectivity index (χ3n) is 5.45. The summed E-state index contributed by atoms with van der Waals surface area (Å²) in [6.45, 7) is 4.97. The van der Waals surface area contributed by atoms with Crippen LogP contribution in [0.3, 0.4) is 0 Å². The van der Waals surface area contributed by atoms with Crippen molar-refractivity contribution in [2.45, 2.75) is 77.4 Å². The first kappa shape index (κ1) is 17.0. The van der Waals surface area contributed by atoms with E-state index in [0.29, 0.717) is 18.2 Å². The van der Waals surface area contributed by atoms with Gasteiger partial charge in [0, 0.05) is 23.8 Å². The van der Waals surface area contributed by atoms with Gasteiger partial charge in [-0.15, -0.1) is 0 Å². The lowest BCUT2D eigenvalue weighted by Gasteiger charge is -2.17. The van der Waals surface area contributed by atoms with Crippen molar-refractivity contribution in [1.82, 2.24) is 15.1 Å². The molecule has 2 fully saturated rings. The first-order valence-corrected chi connectivity index (χ1v) is 10.8. The van der Waals surface area contributed by atoms with Gasteiger partial charge in [-0.2, -0.15) is 5.10 Å². The Morgan fingerprint density at radius 1 is 1.13 bits per heavy atom. The lowest BCUT2D eigenvalue weighted by Crippen LogP contribution is -2.28. The van der Waals surface area contributed by atoms with Crippen LogP contribution in [0.1, 0.15) is 67.9 Å². The van der Waals surface area contributed by atoms with E-state index in [9.17, 15) is 8.42 Å². The van der Waals surface area contributed by atoms with Crippen molar-refractivity contribution in [1.29, 1.82) is 0 Å². The van der Waals surface area contributed by atoms with Crippen molar-refractivity contribution < 1.29 is 8.42 Å². The number of rotatable bonds is 4. The van der Waals surface area contributed by atoms with Gasteiger partial charge in [0.1, 0.15) is 0 Å². The molecule has 1 saturated carbocycles. The molecule has 0 aromatic carbocycles. The van der Waals surface area contributed by atoms with Crippen LogP contribution in [0.4, 0.5) is 0 Å². The summed E-state index contributed by atoms with van der Waals surface area (Å²) in [5, 5.41) is 8.36. The van der Waals surface area contributed by atoms with Gasteiger partial charge in [0.15, 0.2) is 9.84 Å². The van der Waals surface area contributed by atoms with Crippen molar-refractivity contribution >= 4 is 9.84 Å². The van der Waals surface area contributed by atoms with Crippen LogP contribution >= 0.6 is 0 Å². The molecular weight excluding hydrogens is 310 g/mol. The molecular formula is C17H29N3O2S. The van der Waals surface area contributed by atoms with E-state index in [2.05, 4.69) is 17.3 Å². The third kappa shape index (κ3) is 3.97. The fourth-order valence-electron chi connectivity index (χ4n) is 4.01. The van der Waals surface area contributed by atoms with Crippen LogP contribution in [0.5, 0.6) is 0 Å². The molecule has 5 nitrogen and oxygen atoms in total. The molecule has 2 heterocycles. The molecule has 1 aromatic rings. The van der Waals surface area contributed by atoms with Crippen molar-refractivity contribution in [3.05, 3.63) is 17.0 Å². The van der Waals surface area contributed by atoms with Crippen LogP contribution in [0.15, 0.2) is 0 Å². The summed E-state index contributed by atoms with van der Waals surface area (Å²) >= 11 is 0. The Balaban J connectivity index is 1.68. The van der Waals surface area contributed by atoms with Gasteiger partial charge >= 0.3 is 0 Å². The molecule has 0 radical (unpaired) electrons. The number of nitrogens with zero attached hydrogens (tertiary/aromatic N) is 2. The van der Waals surface area contributed by atoms with Gasteiger partial charge in [0.25, 0.3) is 0 Å². The molecule has 0 unspecified atom stereocenters. The Kier molecular flexibility index (Phi) is 5.11. The first-order valence-electron chi connectivity index (χ1n) is 8.94. The number of aryl methyl sites for hydroxylation is 1. The lowest BCUT2D eigenvalue weighted by molar-refractivity contribution is 0.456. The molecule has 3 rings (SSSR count). The highest BCUT2D eigenvalue weighted by Crippen LogP contribution is 2.27. The maximum atomic E-state index is 11.7. The van der Waals surface area contributed by atoms with E-state index in [1.54, 1.807) is 0 Å². The molecule has 0 amide bonds. The molecule has 6 heteroatoms. The molecule has 1 aliphatic carbocycles. The molecule has 1 atom stereocenters. The molecule has 1 saturated heterocycles. The van der Waals surface area contributed by atoms with Crippen LogP contribution < -0.4 is 5.32 Å². The average molecular weight is 340 g/mol. The molecule has 0 bridgehead atoms. The van der Waals surface area contributed by atoms with Crippen LogP contribution in [-0.4, -0.2) is 35.7 Å². The van der Waals surface area contributed by atoms with Crippen molar-refractivity contribution in [3.8, 4) is 0 Å². The standard InChI is InChI=1S/C17H29N3O2S/c1-13-17(11-18-15-7-5-3-4-6-8-15)14(2)20(19-13)16-9-10-23(21,22)12-16/h15-16,18H,3-12H2,1-2H3/t16-/m1/s1. The summed E-state index contributed by atoms with van der Waals surface area (Å²) in [5.41, 5.74) is 3.41. The zero-order valence-corrected chi connectivity index (χ0v) is 15.2. The Morgan fingerprint density at radius 2 is 1.83 bits per heavy atom. The lowest BCUT2D eigenvalue weighted by atomic mass is 10.1. The van der Waals surface area contributed by atoms with Gasteiger partial charge in [0.05, 0.1) is 23.2 Å². The van der Waals surface area contributed by atoms with Crippen LogP contribution in [0.2, 0.25) is 0 Å². The van der Waals surface area contributed by atoms with E-state index < -0.39 is 9.84 Å². The van der Waals surface area contributed by atoms with Gasteiger partial charge in [-0.25, -0.2) is 8.42 Å². The van der Waals surface area contributed by atoms with Gasteiger partial charge in [-0.3, -0.25) is 4.68 Å². The molecule has 1 aliphatic heterocycles. The van der Waals surface area contributed by atoms with Crippen LogP contribution in [0.25, 0.3) is 0 Å². The number of hydrogen-bond donors (Lipinski definition) is 1.